The molecule has 0 aliphatic rings. The van der Waals surface area contributed by atoms with E-state index < -0.39 is 0 Å². The molecule has 0 amide bonds. The van der Waals surface area contributed by atoms with Crippen LogP contribution in [0.3, 0.4) is 0 Å². The number of hydrogen-bond acceptors (Lipinski definition) is 5. The molecule has 0 aliphatic heterocycles. The zero-order chi connectivity index (χ0) is 21.1. The molecule has 0 aliphatic carbocycles. The molecule has 0 saturated carbocycles. The number of para-hydroxylation sites is 2. The number of hydrogen-bond donors (Lipinski definition) is 2. The molecule has 0 atom stereocenters. The fourth-order valence-electron chi connectivity index (χ4n) is 3.49. The number of phenolic OH excluding ortho intramolecular Hbond substituents is 2. The third-order valence-electron chi connectivity index (χ3n) is 4.84. The molecule has 3 aromatic carbocycles. The summed E-state index contributed by atoms with van der Waals surface area (Å²) >= 11 is 0. The second-order valence-corrected chi connectivity index (χ2v) is 6.86. The summed E-state index contributed by atoms with van der Waals surface area (Å²) in [5, 5.41) is 20.1. The van der Waals surface area contributed by atoms with Gasteiger partial charge < -0.3 is 24.3 Å². The van der Waals surface area contributed by atoms with Gasteiger partial charge in [-0.25, -0.2) is 4.98 Å². The molecule has 0 saturated heterocycles. The van der Waals surface area contributed by atoms with Crippen LogP contribution >= 0.6 is 0 Å². The van der Waals surface area contributed by atoms with E-state index in [9.17, 15) is 10.2 Å². The van der Waals surface area contributed by atoms with Crippen molar-refractivity contribution in [3.05, 3.63) is 66.2 Å². The first-order chi connectivity index (χ1) is 14.6. The van der Waals surface area contributed by atoms with Gasteiger partial charge in [0.25, 0.3) is 0 Å². The summed E-state index contributed by atoms with van der Waals surface area (Å²) in [5.74, 6) is 1.88. The number of aromatic hydroxyl groups is 2. The predicted molar refractivity (Wildman–Crippen MR) is 116 cm³/mol. The zero-order valence-corrected chi connectivity index (χ0v) is 17.0. The minimum atomic E-state index is 0.100. The molecule has 6 nitrogen and oxygen atoms in total. The molecule has 4 aromatic rings. The van der Waals surface area contributed by atoms with E-state index in [0.717, 1.165) is 28.0 Å². The van der Waals surface area contributed by atoms with E-state index in [1.54, 1.807) is 18.2 Å². The van der Waals surface area contributed by atoms with Gasteiger partial charge in [-0.1, -0.05) is 18.2 Å². The number of ether oxygens (including phenoxy) is 2. The van der Waals surface area contributed by atoms with Crippen molar-refractivity contribution in [1.29, 1.82) is 0 Å². The lowest BCUT2D eigenvalue weighted by Gasteiger charge is -2.13. The molecule has 1 aromatic heterocycles. The lowest BCUT2D eigenvalue weighted by molar-refractivity contribution is 0.317. The van der Waals surface area contributed by atoms with Crippen LogP contribution in [0, 0.1) is 0 Å². The van der Waals surface area contributed by atoms with Gasteiger partial charge in [-0.3, -0.25) is 0 Å². The Balaban J connectivity index is 1.82. The molecular weight excluding hydrogens is 380 g/mol. The SMILES string of the molecule is CCOc1cc(Cn2c(-c3ccc(O)c(OCC)c3)nc3ccccc32)ccc1O. The minimum Gasteiger partial charge on any atom is -0.504 e. The number of aromatic nitrogens is 2. The molecule has 0 spiro atoms. The van der Waals surface area contributed by atoms with Gasteiger partial charge >= 0.3 is 0 Å². The number of fused-ring (bicyclic) bond motifs is 1. The maximum atomic E-state index is 10.1. The van der Waals surface area contributed by atoms with Crippen molar-refractivity contribution in [3.63, 3.8) is 0 Å². The summed E-state index contributed by atoms with van der Waals surface area (Å²) in [6.07, 6.45) is 0. The highest BCUT2D eigenvalue weighted by Gasteiger charge is 2.16. The Bertz CT molecular complexity index is 1180. The third kappa shape index (κ3) is 3.76. The number of imidazole rings is 1. The molecule has 30 heavy (non-hydrogen) atoms. The van der Waals surface area contributed by atoms with Crippen molar-refractivity contribution in [2.24, 2.45) is 0 Å². The van der Waals surface area contributed by atoms with E-state index >= 15 is 0 Å². The van der Waals surface area contributed by atoms with Crippen LogP contribution in [0.1, 0.15) is 19.4 Å². The van der Waals surface area contributed by atoms with Crippen molar-refractivity contribution in [2.75, 3.05) is 13.2 Å². The molecule has 0 unspecified atom stereocenters. The quantitative estimate of drug-likeness (QED) is 0.455. The Hall–Kier alpha value is -3.67. The van der Waals surface area contributed by atoms with E-state index in [1.165, 1.54) is 0 Å². The fourth-order valence-corrected chi connectivity index (χ4v) is 3.49. The Morgan fingerprint density at radius 2 is 1.50 bits per heavy atom. The number of phenols is 2. The molecule has 4 rings (SSSR count). The van der Waals surface area contributed by atoms with Crippen LogP contribution in [-0.4, -0.2) is 33.0 Å². The molecule has 0 fully saturated rings. The van der Waals surface area contributed by atoms with Crippen molar-refractivity contribution < 1.29 is 19.7 Å². The van der Waals surface area contributed by atoms with E-state index in [2.05, 4.69) is 4.57 Å². The molecule has 2 N–H and O–H groups in total. The lowest BCUT2D eigenvalue weighted by atomic mass is 10.1. The van der Waals surface area contributed by atoms with Gasteiger partial charge in [-0.05, 0) is 61.9 Å². The van der Waals surface area contributed by atoms with Gasteiger partial charge in [0.15, 0.2) is 23.0 Å². The van der Waals surface area contributed by atoms with Crippen LogP contribution in [0.15, 0.2) is 60.7 Å². The lowest BCUT2D eigenvalue weighted by Crippen LogP contribution is -2.03. The maximum Gasteiger partial charge on any atom is 0.161 e. The molecule has 154 valence electrons. The normalized spacial score (nSPS) is 11.0. The third-order valence-corrected chi connectivity index (χ3v) is 4.84. The van der Waals surface area contributed by atoms with Gasteiger partial charge in [-0.2, -0.15) is 0 Å². The topological polar surface area (TPSA) is 76.7 Å². The van der Waals surface area contributed by atoms with Gasteiger partial charge in [0.1, 0.15) is 5.82 Å². The Morgan fingerprint density at radius 1 is 0.833 bits per heavy atom. The Labute approximate surface area is 175 Å². The monoisotopic (exact) mass is 404 g/mol. The first-order valence-electron chi connectivity index (χ1n) is 9.96. The number of nitrogens with zero attached hydrogens (tertiary/aromatic N) is 2. The highest BCUT2D eigenvalue weighted by Crippen LogP contribution is 2.34. The average Bonchev–Trinajstić information content (AvgIpc) is 3.11. The molecule has 6 heteroatoms. The van der Waals surface area contributed by atoms with Crippen LogP contribution < -0.4 is 9.47 Å². The van der Waals surface area contributed by atoms with E-state index in [0.29, 0.717) is 31.3 Å². The zero-order valence-electron chi connectivity index (χ0n) is 17.0. The van der Waals surface area contributed by atoms with E-state index in [-0.39, 0.29) is 11.5 Å². The Kier molecular flexibility index (Phi) is 5.48. The van der Waals surface area contributed by atoms with Crippen molar-refractivity contribution in [3.8, 4) is 34.4 Å². The van der Waals surface area contributed by atoms with Gasteiger partial charge in [0.2, 0.25) is 0 Å². The van der Waals surface area contributed by atoms with Crippen molar-refractivity contribution in [1.82, 2.24) is 9.55 Å². The number of benzene rings is 3. The fraction of sp³-hybridized carbons (Fsp3) is 0.208. The smallest absolute Gasteiger partial charge is 0.161 e. The summed E-state index contributed by atoms with van der Waals surface area (Å²) in [7, 11) is 0. The summed E-state index contributed by atoms with van der Waals surface area (Å²) < 4.78 is 13.2. The van der Waals surface area contributed by atoms with Gasteiger partial charge in [0.05, 0.1) is 24.2 Å². The van der Waals surface area contributed by atoms with Crippen molar-refractivity contribution >= 4 is 11.0 Å². The largest absolute Gasteiger partial charge is 0.504 e. The molecule has 1 heterocycles. The summed E-state index contributed by atoms with van der Waals surface area (Å²) in [4.78, 5) is 4.83. The van der Waals surface area contributed by atoms with Gasteiger partial charge in [0, 0.05) is 12.1 Å². The second-order valence-electron chi connectivity index (χ2n) is 6.86. The standard InChI is InChI=1S/C24H24N2O4/c1-3-29-22-13-16(9-11-20(22)27)15-26-19-8-6-5-7-18(19)25-24(26)17-10-12-21(28)23(14-17)30-4-2/h5-14,27-28H,3-4,15H2,1-2H3. The van der Waals surface area contributed by atoms with Crippen molar-refractivity contribution in [2.45, 2.75) is 20.4 Å². The molecule has 0 bridgehead atoms. The minimum absolute atomic E-state index is 0.100. The first kappa shape index (κ1) is 19.6. The highest BCUT2D eigenvalue weighted by atomic mass is 16.5. The summed E-state index contributed by atoms with van der Waals surface area (Å²) in [6.45, 7) is 5.24. The average molecular weight is 404 g/mol. The molecular formula is C24H24N2O4. The predicted octanol–water partition coefficient (Wildman–Crippen LogP) is 4.96. The van der Waals surface area contributed by atoms with Crippen LogP contribution in [0.5, 0.6) is 23.0 Å². The summed E-state index contributed by atoms with van der Waals surface area (Å²) in [5.41, 5.74) is 3.69. The van der Waals surface area contributed by atoms with Gasteiger partial charge in [-0.15, -0.1) is 0 Å². The second kappa shape index (κ2) is 8.37. The Morgan fingerprint density at radius 3 is 2.23 bits per heavy atom. The number of rotatable bonds is 7. The van der Waals surface area contributed by atoms with Crippen LogP contribution in [0.2, 0.25) is 0 Å². The maximum absolute atomic E-state index is 10.1. The highest BCUT2D eigenvalue weighted by molar-refractivity contribution is 5.81. The summed E-state index contributed by atoms with van der Waals surface area (Å²) in [6, 6.07) is 18.6. The van der Waals surface area contributed by atoms with Crippen LogP contribution in [0.25, 0.3) is 22.4 Å². The molecule has 0 radical (unpaired) electrons. The van der Waals surface area contributed by atoms with Crippen LogP contribution in [0.4, 0.5) is 0 Å². The van der Waals surface area contributed by atoms with E-state index in [1.807, 2.05) is 56.3 Å². The van der Waals surface area contributed by atoms with Crippen LogP contribution in [-0.2, 0) is 6.54 Å². The first-order valence-corrected chi connectivity index (χ1v) is 9.96. The van der Waals surface area contributed by atoms with E-state index in [4.69, 9.17) is 14.5 Å².